The van der Waals surface area contributed by atoms with E-state index in [2.05, 4.69) is 15.3 Å². The average molecular weight is 457 g/mol. The number of benzene rings is 1. The van der Waals surface area contributed by atoms with Gasteiger partial charge in [-0.25, -0.2) is 9.97 Å². The summed E-state index contributed by atoms with van der Waals surface area (Å²) in [6, 6.07) is 8.83. The largest absolute Gasteiger partial charge is 0.451 e. The Kier molecular flexibility index (Phi) is 6.24. The van der Waals surface area contributed by atoms with E-state index in [0.717, 1.165) is 10.9 Å². The molecule has 7 nitrogen and oxygen atoms in total. The van der Waals surface area contributed by atoms with Crippen LogP contribution < -0.4 is 5.32 Å². The van der Waals surface area contributed by atoms with Crippen molar-refractivity contribution in [2.24, 2.45) is 0 Å². The van der Waals surface area contributed by atoms with Crippen molar-refractivity contribution in [1.82, 2.24) is 20.2 Å². The molecular formula is C22H24N4O3S2. The molecule has 162 valence electrons. The lowest BCUT2D eigenvalue weighted by Crippen LogP contribution is -2.52. The first-order chi connectivity index (χ1) is 14.8. The Morgan fingerprint density at radius 2 is 1.97 bits per heavy atom. The fourth-order valence-corrected chi connectivity index (χ4v) is 5.34. The van der Waals surface area contributed by atoms with Gasteiger partial charge >= 0.3 is 0 Å². The molecule has 9 heteroatoms. The summed E-state index contributed by atoms with van der Waals surface area (Å²) >= 11 is 3.01. The molecule has 3 aromatic rings. The first-order valence-electron chi connectivity index (χ1n) is 9.94. The summed E-state index contributed by atoms with van der Waals surface area (Å²) in [6.45, 7) is 5.79. The molecule has 0 radical (unpaired) electrons. The standard InChI is InChI=1S/C22H24N4O3S2/c1-22(2,3)25-19(27)16-12-30-13-26(16)20(28)18-15(11-31-21-23-9-6-10-24-21)14-7-4-5-8-17(14)29-18/h4-10,16H,11-13H2,1-3H3,(H,25,27). The smallest absolute Gasteiger partial charge is 0.291 e. The van der Waals surface area contributed by atoms with Crippen molar-refractivity contribution in [3.63, 3.8) is 0 Å². The summed E-state index contributed by atoms with van der Waals surface area (Å²) in [5.41, 5.74) is 1.08. The predicted octanol–water partition coefficient (Wildman–Crippen LogP) is 3.94. The molecule has 1 aromatic carbocycles. The van der Waals surface area contributed by atoms with Crippen LogP contribution in [0.15, 0.2) is 52.3 Å². The lowest BCUT2D eigenvalue weighted by Gasteiger charge is -2.27. The molecule has 31 heavy (non-hydrogen) atoms. The van der Waals surface area contributed by atoms with E-state index in [9.17, 15) is 9.59 Å². The number of hydrogen-bond acceptors (Lipinski definition) is 7. The number of amides is 2. The minimum absolute atomic E-state index is 0.143. The van der Waals surface area contributed by atoms with Crippen LogP contribution in [0, 0.1) is 0 Å². The number of carbonyl (C=O) groups excluding carboxylic acids is 2. The lowest BCUT2D eigenvalue weighted by molar-refractivity contribution is -0.125. The van der Waals surface area contributed by atoms with Crippen LogP contribution >= 0.6 is 23.5 Å². The fraction of sp³-hybridized carbons (Fsp3) is 0.364. The van der Waals surface area contributed by atoms with Crippen LogP contribution in [0.5, 0.6) is 0 Å². The van der Waals surface area contributed by atoms with Crippen molar-refractivity contribution < 1.29 is 14.0 Å². The second-order valence-corrected chi connectivity index (χ2v) is 10.2. The molecule has 1 aliphatic heterocycles. The molecule has 0 saturated carbocycles. The van der Waals surface area contributed by atoms with Crippen molar-refractivity contribution in [3.05, 3.63) is 54.0 Å². The maximum Gasteiger partial charge on any atom is 0.291 e. The van der Waals surface area contributed by atoms with Crippen molar-refractivity contribution in [1.29, 1.82) is 0 Å². The first-order valence-corrected chi connectivity index (χ1v) is 12.1. The van der Waals surface area contributed by atoms with Crippen LogP contribution in [0.2, 0.25) is 0 Å². The average Bonchev–Trinajstić information content (AvgIpc) is 3.36. The number of para-hydroxylation sites is 1. The van der Waals surface area contributed by atoms with Gasteiger partial charge in [-0.1, -0.05) is 30.0 Å². The molecule has 1 aliphatic rings. The number of nitrogens with zero attached hydrogens (tertiary/aromatic N) is 3. The number of thioether (sulfide) groups is 2. The molecule has 0 spiro atoms. The molecule has 4 rings (SSSR count). The summed E-state index contributed by atoms with van der Waals surface area (Å²) < 4.78 is 6.00. The van der Waals surface area contributed by atoms with E-state index in [-0.39, 0.29) is 23.1 Å². The number of aromatic nitrogens is 2. The number of furan rings is 1. The van der Waals surface area contributed by atoms with Gasteiger partial charge < -0.3 is 14.6 Å². The van der Waals surface area contributed by atoms with E-state index in [4.69, 9.17) is 4.42 Å². The molecule has 2 amide bonds. The topological polar surface area (TPSA) is 88.3 Å². The Balaban J connectivity index is 1.63. The van der Waals surface area contributed by atoms with Gasteiger partial charge in [-0.15, -0.1) is 11.8 Å². The zero-order valence-electron chi connectivity index (χ0n) is 17.6. The van der Waals surface area contributed by atoms with Crippen LogP contribution in [0.4, 0.5) is 0 Å². The van der Waals surface area contributed by atoms with Crippen molar-refractivity contribution in [2.45, 2.75) is 43.3 Å². The second-order valence-electron chi connectivity index (χ2n) is 8.26. The van der Waals surface area contributed by atoms with Crippen molar-refractivity contribution in [3.8, 4) is 0 Å². The minimum atomic E-state index is -0.525. The van der Waals surface area contributed by atoms with E-state index in [1.165, 1.54) is 11.8 Å². The lowest BCUT2D eigenvalue weighted by atomic mass is 10.1. The Hall–Kier alpha value is -2.52. The number of fused-ring (bicyclic) bond motifs is 1. The molecule has 1 N–H and O–H groups in total. The molecule has 2 aromatic heterocycles. The minimum Gasteiger partial charge on any atom is -0.451 e. The maximum atomic E-state index is 13.5. The van der Waals surface area contributed by atoms with Gasteiger partial charge in [0.05, 0.1) is 5.88 Å². The van der Waals surface area contributed by atoms with Crippen LogP contribution in [0.1, 0.15) is 36.9 Å². The zero-order valence-corrected chi connectivity index (χ0v) is 19.3. The molecule has 0 aliphatic carbocycles. The Morgan fingerprint density at radius 3 is 2.71 bits per heavy atom. The van der Waals surface area contributed by atoms with Gasteiger partial charge in [0.2, 0.25) is 5.91 Å². The second kappa shape index (κ2) is 8.92. The van der Waals surface area contributed by atoms with E-state index in [1.54, 1.807) is 35.1 Å². The Bertz CT molecular complexity index is 1100. The molecule has 1 saturated heterocycles. The zero-order chi connectivity index (χ0) is 22.0. The van der Waals surface area contributed by atoms with Crippen LogP contribution in [0.3, 0.4) is 0 Å². The van der Waals surface area contributed by atoms with Gasteiger partial charge in [0.25, 0.3) is 5.91 Å². The highest BCUT2D eigenvalue weighted by Crippen LogP contribution is 2.33. The molecule has 1 unspecified atom stereocenters. The van der Waals surface area contributed by atoms with E-state index >= 15 is 0 Å². The fourth-order valence-electron chi connectivity index (χ4n) is 3.35. The third-order valence-corrected chi connectivity index (χ3v) is 6.64. The monoisotopic (exact) mass is 456 g/mol. The van der Waals surface area contributed by atoms with E-state index < -0.39 is 6.04 Å². The van der Waals surface area contributed by atoms with Crippen LogP contribution in [-0.4, -0.2) is 49.9 Å². The number of hydrogen-bond donors (Lipinski definition) is 1. The summed E-state index contributed by atoms with van der Waals surface area (Å²) in [6.07, 6.45) is 3.38. The van der Waals surface area contributed by atoms with E-state index in [1.807, 2.05) is 45.0 Å². The SMILES string of the molecule is CC(C)(C)NC(=O)C1CSCN1C(=O)c1oc2ccccc2c1CSc1ncccn1. The predicted molar refractivity (Wildman–Crippen MR) is 123 cm³/mol. The van der Waals surface area contributed by atoms with Gasteiger partial charge in [-0.05, 0) is 32.9 Å². The molecular weight excluding hydrogens is 432 g/mol. The van der Waals surface area contributed by atoms with E-state index in [0.29, 0.717) is 28.1 Å². The summed E-state index contributed by atoms with van der Waals surface area (Å²) in [5.74, 6) is 1.38. The number of carbonyl (C=O) groups is 2. The molecule has 0 bridgehead atoms. The summed E-state index contributed by atoms with van der Waals surface area (Å²) in [7, 11) is 0. The van der Waals surface area contributed by atoms with Crippen molar-refractivity contribution in [2.75, 3.05) is 11.6 Å². The van der Waals surface area contributed by atoms with Crippen molar-refractivity contribution >= 4 is 46.3 Å². The van der Waals surface area contributed by atoms with Gasteiger partial charge in [-0.2, -0.15) is 0 Å². The quantitative estimate of drug-likeness (QED) is 0.459. The van der Waals surface area contributed by atoms with Crippen LogP contribution in [-0.2, 0) is 10.5 Å². The molecule has 3 heterocycles. The normalized spacial score (nSPS) is 16.6. The highest BCUT2D eigenvalue weighted by atomic mass is 32.2. The number of nitrogens with one attached hydrogen (secondary N) is 1. The maximum absolute atomic E-state index is 13.5. The van der Waals surface area contributed by atoms with Crippen LogP contribution in [0.25, 0.3) is 11.0 Å². The highest BCUT2D eigenvalue weighted by molar-refractivity contribution is 7.99. The Labute approximate surface area is 189 Å². The first kappa shape index (κ1) is 21.7. The van der Waals surface area contributed by atoms with Gasteiger partial charge in [0.1, 0.15) is 11.6 Å². The third kappa shape index (κ3) is 4.88. The third-order valence-electron chi connectivity index (χ3n) is 4.72. The Morgan fingerprint density at radius 1 is 1.23 bits per heavy atom. The number of rotatable bonds is 5. The molecule has 1 fully saturated rings. The summed E-state index contributed by atoms with van der Waals surface area (Å²) in [5, 5.41) is 4.50. The van der Waals surface area contributed by atoms with Gasteiger partial charge in [0, 0.05) is 40.4 Å². The van der Waals surface area contributed by atoms with Gasteiger partial charge in [-0.3, -0.25) is 9.59 Å². The summed E-state index contributed by atoms with van der Waals surface area (Å²) in [4.78, 5) is 36.4. The highest BCUT2D eigenvalue weighted by Gasteiger charge is 2.38. The molecule has 1 atom stereocenters. The van der Waals surface area contributed by atoms with Gasteiger partial charge in [0.15, 0.2) is 10.9 Å².